The molecule has 0 unspecified atom stereocenters. The molecule has 0 spiro atoms. The Hall–Kier alpha value is -3.19. The molecule has 27 heavy (non-hydrogen) atoms. The summed E-state index contributed by atoms with van der Waals surface area (Å²) in [7, 11) is 0. The second-order valence-corrected chi connectivity index (χ2v) is 6.27. The Bertz CT molecular complexity index is 941. The quantitative estimate of drug-likeness (QED) is 0.746. The summed E-state index contributed by atoms with van der Waals surface area (Å²) in [6.45, 7) is 2.11. The first-order chi connectivity index (χ1) is 13.0. The topological polar surface area (TPSA) is 94.9 Å². The van der Waals surface area contributed by atoms with E-state index in [1.165, 1.54) is 0 Å². The molecule has 1 aromatic carbocycles. The fourth-order valence-corrected chi connectivity index (χ4v) is 2.91. The number of allylic oxidation sites excluding steroid dienone is 1. The molecule has 1 aliphatic rings. The summed E-state index contributed by atoms with van der Waals surface area (Å²) >= 11 is 6.17. The molecule has 0 fully saturated rings. The summed E-state index contributed by atoms with van der Waals surface area (Å²) in [6.07, 6.45) is 1.31. The van der Waals surface area contributed by atoms with Crippen LogP contribution in [0.3, 0.4) is 0 Å². The molecule has 0 aliphatic carbocycles. The Morgan fingerprint density at radius 3 is 2.63 bits per heavy atom. The number of halogens is 1. The Morgan fingerprint density at radius 1 is 1.22 bits per heavy atom. The van der Waals surface area contributed by atoms with Crippen LogP contribution in [0.5, 0.6) is 0 Å². The highest BCUT2D eigenvalue weighted by Crippen LogP contribution is 2.31. The van der Waals surface area contributed by atoms with Crippen LogP contribution < -0.4 is 10.3 Å². The highest BCUT2D eigenvalue weighted by Gasteiger charge is 2.34. The molecule has 1 aromatic heterocycles. The molecule has 3 rings (SSSR count). The maximum atomic E-state index is 12.9. The largest absolute Gasteiger partial charge is 0.481 e. The number of nitrogens with zero attached hydrogens (tertiary/aromatic N) is 3. The number of carbonyl (C=O) groups excluding carboxylic acids is 1. The maximum Gasteiger partial charge on any atom is 0.309 e. The minimum Gasteiger partial charge on any atom is -0.481 e. The smallest absolute Gasteiger partial charge is 0.309 e. The van der Waals surface area contributed by atoms with Crippen molar-refractivity contribution >= 4 is 34.9 Å². The third-order valence-electron chi connectivity index (χ3n) is 3.95. The van der Waals surface area contributed by atoms with Crippen LogP contribution in [-0.2, 0) is 16.1 Å². The Labute approximate surface area is 161 Å². The Morgan fingerprint density at radius 2 is 1.96 bits per heavy atom. The zero-order valence-electron chi connectivity index (χ0n) is 14.5. The predicted molar refractivity (Wildman–Crippen MR) is 102 cm³/mol. The van der Waals surface area contributed by atoms with Gasteiger partial charge >= 0.3 is 5.97 Å². The first kappa shape index (κ1) is 18.6. The lowest BCUT2D eigenvalue weighted by Crippen LogP contribution is -2.25. The van der Waals surface area contributed by atoms with E-state index in [1.54, 1.807) is 37.4 Å². The molecule has 2 N–H and O–H groups in total. The van der Waals surface area contributed by atoms with Crippen LogP contribution >= 0.6 is 11.6 Å². The number of aliphatic carboxylic acids is 1. The third kappa shape index (κ3) is 4.15. The number of benzene rings is 1. The molecule has 0 saturated heterocycles. The van der Waals surface area contributed by atoms with Crippen molar-refractivity contribution in [2.75, 3.05) is 5.01 Å². The van der Waals surface area contributed by atoms with Crippen molar-refractivity contribution in [3.8, 4) is 0 Å². The SMILES string of the molecule is CC(NCc1ccccn1)=C1C(=O)N(c2ccccc2Cl)N=C1CC(=O)O. The van der Waals surface area contributed by atoms with E-state index in [1.807, 2.05) is 18.2 Å². The molecular weight excluding hydrogens is 368 g/mol. The minimum absolute atomic E-state index is 0.179. The number of carboxylic acids is 1. The second kappa shape index (κ2) is 8.01. The first-order valence-electron chi connectivity index (χ1n) is 8.20. The molecule has 0 atom stereocenters. The van der Waals surface area contributed by atoms with Gasteiger partial charge in [0.15, 0.2) is 0 Å². The summed E-state index contributed by atoms with van der Waals surface area (Å²) in [6, 6.07) is 12.3. The number of rotatable bonds is 6. The van der Waals surface area contributed by atoms with Crippen LogP contribution in [0.4, 0.5) is 5.69 Å². The lowest BCUT2D eigenvalue weighted by atomic mass is 10.1. The number of carbonyl (C=O) groups is 2. The average Bonchev–Trinajstić information content (AvgIpc) is 2.96. The van der Waals surface area contributed by atoms with Gasteiger partial charge in [-0.25, -0.2) is 0 Å². The average molecular weight is 385 g/mol. The van der Waals surface area contributed by atoms with Crippen LogP contribution in [0.1, 0.15) is 19.0 Å². The molecule has 138 valence electrons. The number of nitrogens with one attached hydrogen (secondary N) is 1. The van der Waals surface area contributed by atoms with Crippen LogP contribution in [0.15, 0.2) is 65.0 Å². The molecule has 1 amide bonds. The second-order valence-electron chi connectivity index (χ2n) is 5.86. The highest BCUT2D eigenvalue weighted by atomic mass is 35.5. The highest BCUT2D eigenvalue weighted by molar-refractivity contribution is 6.37. The summed E-state index contributed by atoms with van der Waals surface area (Å²) in [5, 5.41) is 18.0. The van der Waals surface area contributed by atoms with Gasteiger partial charge in [0.2, 0.25) is 0 Å². The number of anilines is 1. The zero-order valence-corrected chi connectivity index (χ0v) is 15.3. The first-order valence-corrected chi connectivity index (χ1v) is 8.58. The summed E-state index contributed by atoms with van der Waals surface area (Å²) in [5.74, 6) is -1.50. The van der Waals surface area contributed by atoms with Gasteiger partial charge in [-0.05, 0) is 31.2 Å². The molecule has 7 nitrogen and oxygen atoms in total. The van der Waals surface area contributed by atoms with Crippen molar-refractivity contribution < 1.29 is 14.7 Å². The lowest BCUT2D eigenvalue weighted by Gasteiger charge is -2.14. The van der Waals surface area contributed by atoms with Crippen molar-refractivity contribution in [1.82, 2.24) is 10.3 Å². The van der Waals surface area contributed by atoms with E-state index < -0.39 is 11.9 Å². The molecule has 0 radical (unpaired) electrons. The molecule has 0 bridgehead atoms. The van der Waals surface area contributed by atoms with E-state index in [4.69, 9.17) is 11.6 Å². The van der Waals surface area contributed by atoms with Crippen LogP contribution in [-0.4, -0.2) is 27.7 Å². The van der Waals surface area contributed by atoms with E-state index in [0.717, 1.165) is 10.7 Å². The number of para-hydroxylation sites is 1. The summed E-state index contributed by atoms with van der Waals surface area (Å²) in [5.41, 5.74) is 2.13. The van der Waals surface area contributed by atoms with Crippen molar-refractivity contribution in [2.45, 2.75) is 19.9 Å². The third-order valence-corrected chi connectivity index (χ3v) is 4.27. The number of hydrogen-bond donors (Lipinski definition) is 2. The number of carboxylic acid groups (broad SMARTS) is 1. The van der Waals surface area contributed by atoms with E-state index >= 15 is 0 Å². The molecule has 1 aliphatic heterocycles. The fourth-order valence-electron chi connectivity index (χ4n) is 2.69. The number of hydrogen-bond acceptors (Lipinski definition) is 5. The predicted octanol–water partition coefficient (Wildman–Crippen LogP) is 2.98. The number of aromatic nitrogens is 1. The maximum absolute atomic E-state index is 12.9. The van der Waals surface area contributed by atoms with Crippen LogP contribution in [0.2, 0.25) is 5.02 Å². The normalized spacial score (nSPS) is 15.6. The molecule has 0 saturated carbocycles. The minimum atomic E-state index is -1.07. The van der Waals surface area contributed by atoms with Crippen molar-refractivity contribution in [3.05, 3.63) is 70.6 Å². The van der Waals surface area contributed by atoms with Gasteiger partial charge in [0.05, 0.1) is 40.7 Å². The van der Waals surface area contributed by atoms with Gasteiger partial charge in [-0.1, -0.05) is 29.8 Å². The number of pyridine rings is 1. The summed E-state index contributed by atoms with van der Waals surface area (Å²) in [4.78, 5) is 28.4. The number of hydrazone groups is 1. The Kier molecular flexibility index (Phi) is 5.52. The van der Waals surface area contributed by atoms with Gasteiger partial charge in [-0.15, -0.1) is 0 Å². The molecule has 2 aromatic rings. The zero-order chi connectivity index (χ0) is 19.4. The van der Waals surface area contributed by atoms with E-state index in [-0.39, 0.29) is 17.7 Å². The van der Waals surface area contributed by atoms with Gasteiger partial charge in [-0.3, -0.25) is 14.6 Å². The van der Waals surface area contributed by atoms with Crippen molar-refractivity contribution in [2.24, 2.45) is 5.10 Å². The standard InChI is InChI=1S/C19H17ClN4O3/c1-12(22-11-13-6-4-5-9-21-13)18-15(10-17(25)26)23-24(19(18)27)16-8-3-2-7-14(16)20/h2-9,22H,10-11H2,1H3,(H,25,26). The van der Waals surface area contributed by atoms with E-state index in [0.29, 0.717) is 23.0 Å². The fraction of sp³-hybridized carbons (Fsp3) is 0.158. The van der Waals surface area contributed by atoms with Crippen LogP contribution in [0.25, 0.3) is 0 Å². The van der Waals surface area contributed by atoms with Crippen LogP contribution in [0, 0.1) is 0 Å². The molecule has 2 heterocycles. The van der Waals surface area contributed by atoms with Crippen molar-refractivity contribution in [3.63, 3.8) is 0 Å². The van der Waals surface area contributed by atoms with Gasteiger partial charge in [0.1, 0.15) is 0 Å². The molecule has 8 heteroatoms. The van der Waals surface area contributed by atoms with E-state index in [9.17, 15) is 14.7 Å². The van der Waals surface area contributed by atoms with Gasteiger partial charge < -0.3 is 10.4 Å². The Balaban J connectivity index is 1.92. The lowest BCUT2D eigenvalue weighted by molar-refractivity contribution is -0.135. The van der Waals surface area contributed by atoms with Gasteiger partial charge in [-0.2, -0.15) is 10.1 Å². The van der Waals surface area contributed by atoms with E-state index in [2.05, 4.69) is 15.4 Å². The van der Waals surface area contributed by atoms with Gasteiger partial charge in [0.25, 0.3) is 5.91 Å². The summed E-state index contributed by atoms with van der Waals surface area (Å²) < 4.78 is 0. The van der Waals surface area contributed by atoms with Crippen molar-refractivity contribution in [1.29, 1.82) is 0 Å². The molecular formula is C19H17ClN4O3. The number of amides is 1. The van der Waals surface area contributed by atoms with Gasteiger partial charge in [0, 0.05) is 11.9 Å². The monoisotopic (exact) mass is 384 g/mol.